The molecule has 198 valence electrons. The van der Waals surface area contributed by atoms with Gasteiger partial charge in [0, 0.05) is 16.7 Å². The van der Waals surface area contributed by atoms with E-state index < -0.39 is 11.8 Å². The van der Waals surface area contributed by atoms with Crippen LogP contribution in [0.5, 0.6) is 5.75 Å². The predicted molar refractivity (Wildman–Crippen MR) is 151 cm³/mol. The van der Waals surface area contributed by atoms with Crippen LogP contribution in [0.1, 0.15) is 25.6 Å². The molecule has 0 unspecified atom stereocenters. The number of halogens is 3. The quantitative estimate of drug-likeness (QED) is 0.210. The lowest BCUT2D eigenvalue weighted by molar-refractivity contribution is 0.102. The second kappa shape index (κ2) is 11.0. The van der Waals surface area contributed by atoms with Crippen LogP contribution in [0.4, 0.5) is 17.3 Å². The molecule has 0 fully saturated rings. The van der Waals surface area contributed by atoms with E-state index in [1.165, 1.54) is 25.6 Å². The number of fused-ring (bicyclic) bond motifs is 1. The number of hydrogen-bond donors (Lipinski definition) is 3. The van der Waals surface area contributed by atoms with Crippen molar-refractivity contribution in [2.75, 3.05) is 23.5 Å². The molecule has 4 heterocycles. The molecule has 0 aliphatic rings. The molecule has 1 aromatic carbocycles. The van der Waals surface area contributed by atoms with E-state index in [0.717, 1.165) is 11.3 Å². The van der Waals surface area contributed by atoms with Gasteiger partial charge in [-0.2, -0.15) is 0 Å². The number of rotatable bonds is 7. The van der Waals surface area contributed by atoms with E-state index in [9.17, 15) is 9.59 Å². The Morgan fingerprint density at radius 1 is 1.10 bits per heavy atom. The summed E-state index contributed by atoms with van der Waals surface area (Å²) in [6.07, 6.45) is 2.92. The third-order valence-electron chi connectivity index (χ3n) is 5.50. The lowest BCUT2D eigenvalue weighted by Crippen LogP contribution is -2.19. The van der Waals surface area contributed by atoms with E-state index in [4.69, 9.17) is 45.3 Å². The zero-order valence-electron chi connectivity index (χ0n) is 19.9. The van der Waals surface area contributed by atoms with Gasteiger partial charge in [0.1, 0.15) is 33.4 Å². The number of nitrogens with two attached hydrogens (primary N) is 1. The van der Waals surface area contributed by atoms with Gasteiger partial charge in [0.2, 0.25) is 0 Å². The van der Waals surface area contributed by atoms with Crippen molar-refractivity contribution in [1.29, 1.82) is 0 Å². The Morgan fingerprint density at radius 3 is 2.69 bits per heavy atom. The average Bonchev–Trinajstić information content (AvgIpc) is 3.49. The molecule has 2 amide bonds. The summed E-state index contributed by atoms with van der Waals surface area (Å²) in [4.78, 5) is 43.2. The van der Waals surface area contributed by atoms with Gasteiger partial charge in [0.05, 0.1) is 36.3 Å². The lowest BCUT2D eigenvalue weighted by atomic mass is 10.1. The normalized spacial score (nSPS) is 11.0. The van der Waals surface area contributed by atoms with E-state index in [1.54, 1.807) is 34.5 Å². The van der Waals surface area contributed by atoms with E-state index in [1.807, 2.05) is 0 Å². The molecule has 15 heteroatoms. The Labute approximate surface area is 239 Å². The molecule has 4 aromatic heterocycles. The molecular formula is C24H17Cl3N8O3S. The second-order valence-electron chi connectivity index (χ2n) is 7.99. The third kappa shape index (κ3) is 5.45. The maximum Gasteiger partial charge on any atom is 0.267 e. The van der Waals surface area contributed by atoms with Crippen molar-refractivity contribution in [3.05, 3.63) is 79.6 Å². The number of imidazole rings is 1. The summed E-state index contributed by atoms with van der Waals surface area (Å²) in [5.41, 5.74) is 7.68. The lowest BCUT2D eigenvalue weighted by Gasteiger charge is -2.15. The summed E-state index contributed by atoms with van der Waals surface area (Å²) in [5.74, 6) is -0.483. The zero-order chi connectivity index (χ0) is 27.7. The number of ether oxygens (including phenoxy) is 1. The number of carbonyl (C=O) groups excluding carboxylic acids is 2. The molecule has 11 nitrogen and oxygen atoms in total. The van der Waals surface area contributed by atoms with Gasteiger partial charge in [-0.1, -0.05) is 40.9 Å². The Kier molecular flexibility index (Phi) is 7.53. The van der Waals surface area contributed by atoms with E-state index in [2.05, 4.69) is 30.6 Å². The summed E-state index contributed by atoms with van der Waals surface area (Å²) in [6.45, 7) is 0.292. The number of amides is 2. The first-order valence-corrected chi connectivity index (χ1v) is 13.1. The maximum atomic E-state index is 13.3. The summed E-state index contributed by atoms with van der Waals surface area (Å²) in [7, 11) is 1.39. The number of anilines is 3. The van der Waals surface area contributed by atoms with Crippen LogP contribution in [0.25, 0.3) is 11.2 Å². The molecule has 5 rings (SSSR count). The highest BCUT2D eigenvalue weighted by Gasteiger charge is 2.24. The van der Waals surface area contributed by atoms with Crippen LogP contribution in [0, 0.1) is 0 Å². The smallest absolute Gasteiger partial charge is 0.267 e. The van der Waals surface area contributed by atoms with Crippen LogP contribution < -0.4 is 21.1 Å². The summed E-state index contributed by atoms with van der Waals surface area (Å²) >= 11 is 19.9. The number of nitrogens with one attached hydrogen (secondary N) is 2. The summed E-state index contributed by atoms with van der Waals surface area (Å²) < 4.78 is 7.15. The standard InChI is InChI=1S/C24H17Cl3N8O3S/c1-38-14-6-12(25)5-13(23(36)33-16-4-2-3-15(26)32-16)18(14)34-24(37)20-17(27)11(8-39-20)7-35-10-31-19-21(28)29-9-30-22(19)35/h2-6,8-10H,7H2,1H3,(H,34,37)(H2,28,29,30)(H,32,33,36). The molecule has 0 saturated heterocycles. The number of methoxy groups -OCH3 is 1. The van der Waals surface area contributed by atoms with Gasteiger partial charge in [-0.25, -0.2) is 19.9 Å². The second-order valence-corrected chi connectivity index (χ2v) is 10.1. The van der Waals surface area contributed by atoms with Gasteiger partial charge in [0.25, 0.3) is 11.8 Å². The predicted octanol–water partition coefficient (Wildman–Crippen LogP) is 5.39. The van der Waals surface area contributed by atoms with E-state index in [0.29, 0.717) is 23.3 Å². The van der Waals surface area contributed by atoms with Gasteiger partial charge >= 0.3 is 0 Å². The first kappa shape index (κ1) is 26.6. The summed E-state index contributed by atoms with van der Waals surface area (Å²) in [6, 6.07) is 7.66. The van der Waals surface area contributed by atoms with Crippen LogP contribution in [-0.4, -0.2) is 43.4 Å². The third-order valence-corrected chi connectivity index (χ3v) is 7.50. The van der Waals surface area contributed by atoms with Gasteiger partial charge in [-0.3, -0.25) is 9.59 Å². The van der Waals surface area contributed by atoms with Crippen molar-refractivity contribution < 1.29 is 14.3 Å². The molecule has 0 radical (unpaired) electrons. The number of pyridine rings is 1. The maximum absolute atomic E-state index is 13.3. The van der Waals surface area contributed by atoms with Crippen LogP contribution in [0.15, 0.2) is 48.4 Å². The number of hydrogen-bond acceptors (Lipinski definition) is 9. The highest BCUT2D eigenvalue weighted by atomic mass is 35.5. The highest BCUT2D eigenvalue weighted by molar-refractivity contribution is 7.13. The largest absolute Gasteiger partial charge is 0.494 e. The van der Waals surface area contributed by atoms with Crippen LogP contribution in [-0.2, 0) is 6.54 Å². The average molecular weight is 604 g/mol. The molecule has 0 saturated carbocycles. The number of nitrogens with zero attached hydrogens (tertiary/aromatic N) is 5. The topological polar surface area (TPSA) is 150 Å². The fraction of sp³-hybridized carbons (Fsp3) is 0.0833. The number of thiophene rings is 1. The van der Waals surface area contributed by atoms with Crippen molar-refractivity contribution in [3.8, 4) is 5.75 Å². The van der Waals surface area contributed by atoms with Crippen LogP contribution in [0.3, 0.4) is 0 Å². The van der Waals surface area contributed by atoms with E-state index in [-0.39, 0.29) is 48.7 Å². The molecule has 4 N–H and O–H groups in total. The van der Waals surface area contributed by atoms with E-state index >= 15 is 0 Å². The van der Waals surface area contributed by atoms with Crippen LogP contribution in [0.2, 0.25) is 15.2 Å². The highest BCUT2D eigenvalue weighted by Crippen LogP contribution is 2.35. The first-order valence-electron chi connectivity index (χ1n) is 11.0. The number of carbonyl (C=O) groups is 2. The van der Waals surface area contributed by atoms with Gasteiger partial charge in [-0.05, 0) is 23.6 Å². The SMILES string of the molecule is COc1cc(Cl)cc(C(=O)Nc2cccc(Cl)n2)c1NC(=O)c1scc(Cn2cnc3c(N)ncnc32)c1Cl. The van der Waals surface area contributed by atoms with Crippen molar-refractivity contribution in [2.24, 2.45) is 0 Å². The van der Waals surface area contributed by atoms with Crippen molar-refractivity contribution in [1.82, 2.24) is 24.5 Å². The number of nitrogen functional groups attached to an aromatic ring is 1. The Morgan fingerprint density at radius 2 is 1.92 bits per heavy atom. The Balaban J connectivity index is 1.42. The zero-order valence-corrected chi connectivity index (χ0v) is 23.0. The Hall–Kier alpha value is -3.97. The first-order chi connectivity index (χ1) is 18.7. The van der Waals surface area contributed by atoms with Gasteiger partial charge in [-0.15, -0.1) is 11.3 Å². The summed E-state index contributed by atoms with van der Waals surface area (Å²) in [5, 5.41) is 7.80. The van der Waals surface area contributed by atoms with Crippen LogP contribution >= 0.6 is 46.1 Å². The van der Waals surface area contributed by atoms with Crippen molar-refractivity contribution in [2.45, 2.75) is 6.54 Å². The molecular weight excluding hydrogens is 587 g/mol. The van der Waals surface area contributed by atoms with Gasteiger partial charge in [0.15, 0.2) is 11.5 Å². The van der Waals surface area contributed by atoms with Gasteiger partial charge < -0.3 is 25.7 Å². The fourth-order valence-electron chi connectivity index (χ4n) is 3.72. The minimum Gasteiger partial charge on any atom is -0.494 e. The molecule has 0 spiro atoms. The molecule has 0 aliphatic heterocycles. The molecule has 0 aliphatic carbocycles. The molecule has 5 aromatic rings. The minimum absolute atomic E-state index is 0.0459. The number of aromatic nitrogens is 5. The molecule has 0 atom stereocenters. The van der Waals surface area contributed by atoms with Crippen molar-refractivity contribution >= 4 is 86.4 Å². The monoisotopic (exact) mass is 602 g/mol. The van der Waals surface area contributed by atoms with Crippen molar-refractivity contribution in [3.63, 3.8) is 0 Å². The molecule has 0 bridgehead atoms. The molecule has 39 heavy (non-hydrogen) atoms. The Bertz CT molecular complexity index is 1740. The number of benzene rings is 1. The fourth-order valence-corrected chi connectivity index (χ4v) is 5.34. The minimum atomic E-state index is -0.591.